The van der Waals surface area contributed by atoms with E-state index in [1.165, 1.54) is 6.33 Å². The van der Waals surface area contributed by atoms with Gasteiger partial charge in [-0.1, -0.05) is 6.07 Å². The van der Waals surface area contributed by atoms with Crippen LogP contribution in [0.3, 0.4) is 0 Å². The van der Waals surface area contributed by atoms with Crippen molar-refractivity contribution in [3.63, 3.8) is 0 Å². The first kappa shape index (κ1) is 13.5. The molecule has 21 heavy (non-hydrogen) atoms. The molecule has 110 valence electrons. The Kier molecular flexibility index (Phi) is 3.77. The highest BCUT2D eigenvalue weighted by Crippen LogP contribution is 2.31. The van der Waals surface area contributed by atoms with Crippen LogP contribution < -0.4 is 19.1 Å². The van der Waals surface area contributed by atoms with Gasteiger partial charge in [-0.05, 0) is 17.7 Å². The number of hydrogen-bond acceptors (Lipinski definition) is 6. The number of aromatic nitrogens is 2. The van der Waals surface area contributed by atoms with Crippen LogP contribution in [0.5, 0.6) is 17.4 Å². The minimum Gasteiger partial charge on any atom is -0.486 e. The van der Waals surface area contributed by atoms with E-state index in [2.05, 4.69) is 9.97 Å². The molecule has 1 aliphatic rings. The van der Waals surface area contributed by atoms with Crippen molar-refractivity contribution in [2.24, 2.45) is 0 Å². The van der Waals surface area contributed by atoms with Crippen molar-refractivity contribution in [1.82, 2.24) is 9.97 Å². The van der Waals surface area contributed by atoms with Crippen LogP contribution in [-0.2, 0) is 6.54 Å². The fourth-order valence-corrected chi connectivity index (χ4v) is 2.19. The molecule has 1 aliphatic heterocycles. The molecule has 0 fully saturated rings. The van der Waals surface area contributed by atoms with Gasteiger partial charge in [0.05, 0.1) is 7.11 Å². The summed E-state index contributed by atoms with van der Waals surface area (Å²) in [4.78, 5) is 10.3. The monoisotopic (exact) mass is 287 g/mol. The van der Waals surface area contributed by atoms with E-state index in [4.69, 9.17) is 14.2 Å². The van der Waals surface area contributed by atoms with Gasteiger partial charge < -0.3 is 19.1 Å². The second-order valence-electron chi connectivity index (χ2n) is 4.75. The van der Waals surface area contributed by atoms with Crippen molar-refractivity contribution < 1.29 is 14.2 Å². The van der Waals surface area contributed by atoms with Gasteiger partial charge in [0.2, 0.25) is 5.88 Å². The summed E-state index contributed by atoms with van der Waals surface area (Å²) >= 11 is 0. The van der Waals surface area contributed by atoms with Gasteiger partial charge in [0.15, 0.2) is 11.5 Å². The number of anilines is 1. The van der Waals surface area contributed by atoms with Crippen molar-refractivity contribution in [2.45, 2.75) is 6.54 Å². The Morgan fingerprint density at radius 1 is 1.14 bits per heavy atom. The zero-order chi connectivity index (χ0) is 14.7. The number of hydrogen-bond donors (Lipinski definition) is 0. The summed E-state index contributed by atoms with van der Waals surface area (Å²) in [6, 6.07) is 7.78. The standard InChI is InChI=1S/C15H17N3O3/c1-18(14-8-15(19-2)17-10-16-14)9-11-3-4-12-13(7-11)21-6-5-20-12/h3-4,7-8,10H,5-6,9H2,1-2H3. The van der Waals surface area contributed by atoms with E-state index in [9.17, 15) is 0 Å². The number of rotatable bonds is 4. The molecule has 6 heteroatoms. The average molecular weight is 287 g/mol. The highest BCUT2D eigenvalue weighted by molar-refractivity contribution is 5.46. The third-order valence-corrected chi connectivity index (χ3v) is 3.25. The highest BCUT2D eigenvalue weighted by Gasteiger charge is 2.13. The minimum absolute atomic E-state index is 0.550. The van der Waals surface area contributed by atoms with E-state index in [0.29, 0.717) is 25.6 Å². The second-order valence-corrected chi connectivity index (χ2v) is 4.75. The number of nitrogens with zero attached hydrogens (tertiary/aromatic N) is 3. The Balaban J connectivity index is 1.76. The summed E-state index contributed by atoms with van der Waals surface area (Å²) in [6.07, 6.45) is 1.49. The topological polar surface area (TPSA) is 56.7 Å². The predicted octanol–water partition coefficient (Wildman–Crippen LogP) is 1.89. The molecule has 0 unspecified atom stereocenters. The molecule has 0 amide bonds. The lowest BCUT2D eigenvalue weighted by Crippen LogP contribution is -2.19. The molecular weight excluding hydrogens is 270 g/mol. The van der Waals surface area contributed by atoms with Crippen molar-refractivity contribution in [3.05, 3.63) is 36.2 Å². The molecule has 3 rings (SSSR count). The van der Waals surface area contributed by atoms with E-state index in [1.807, 2.05) is 30.1 Å². The molecule has 1 aromatic heterocycles. The summed E-state index contributed by atoms with van der Waals surface area (Å²) in [5, 5.41) is 0. The van der Waals surface area contributed by atoms with Gasteiger partial charge in [-0.2, -0.15) is 0 Å². The summed E-state index contributed by atoms with van der Waals surface area (Å²) in [6.45, 7) is 1.90. The zero-order valence-electron chi connectivity index (χ0n) is 12.1. The predicted molar refractivity (Wildman–Crippen MR) is 78.1 cm³/mol. The Hall–Kier alpha value is -2.50. The van der Waals surface area contributed by atoms with E-state index in [-0.39, 0.29) is 0 Å². The zero-order valence-corrected chi connectivity index (χ0v) is 12.1. The van der Waals surface area contributed by atoms with Crippen molar-refractivity contribution in [3.8, 4) is 17.4 Å². The fraction of sp³-hybridized carbons (Fsp3) is 0.333. The van der Waals surface area contributed by atoms with Crippen LogP contribution >= 0.6 is 0 Å². The molecule has 0 saturated heterocycles. The van der Waals surface area contributed by atoms with Crippen LogP contribution in [0.4, 0.5) is 5.82 Å². The molecule has 0 radical (unpaired) electrons. The van der Waals surface area contributed by atoms with Crippen LogP contribution in [0.1, 0.15) is 5.56 Å². The lowest BCUT2D eigenvalue weighted by atomic mass is 10.2. The molecule has 0 N–H and O–H groups in total. The van der Waals surface area contributed by atoms with Crippen LogP contribution in [0.2, 0.25) is 0 Å². The van der Waals surface area contributed by atoms with Gasteiger partial charge in [0.25, 0.3) is 0 Å². The maximum absolute atomic E-state index is 5.60. The Bertz CT molecular complexity index is 633. The molecule has 2 aromatic rings. The lowest BCUT2D eigenvalue weighted by Gasteiger charge is -2.21. The van der Waals surface area contributed by atoms with Gasteiger partial charge >= 0.3 is 0 Å². The molecule has 0 bridgehead atoms. The number of ether oxygens (including phenoxy) is 3. The largest absolute Gasteiger partial charge is 0.486 e. The third kappa shape index (κ3) is 2.99. The second kappa shape index (κ2) is 5.87. The first-order chi connectivity index (χ1) is 10.3. The molecular formula is C15H17N3O3. The molecule has 0 spiro atoms. The maximum Gasteiger partial charge on any atom is 0.218 e. The van der Waals surface area contributed by atoms with Gasteiger partial charge in [-0.3, -0.25) is 0 Å². The third-order valence-electron chi connectivity index (χ3n) is 3.25. The van der Waals surface area contributed by atoms with Crippen molar-refractivity contribution >= 4 is 5.82 Å². The average Bonchev–Trinajstić information content (AvgIpc) is 2.54. The van der Waals surface area contributed by atoms with Gasteiger partial charge in [-0.25, -0.2) is 9.97 Å². The number of benzene rings is 1. The minimum atomic E-state index is 0.550. The van der Waals surface area contributed by atoms with Gasteiger partial charge in [-0.15, -0.1) is 0 Å². The molecule has 0 aliphatic carbocycles. The summed E-state index contributed by atoms with van der Waals surface area (Å²) in [5.41, 5.74) is 1.12. The summed E-state index contributed by atoms with van der Waals surface area (Å²) in [7, 11) is 3.56. The number of methoxy groups -OCH3 is 1. The molecule has 2 heterocycles. The van der Waals surface area contributed by atoms with Crippen LogP contribution in [-0.4, -0.2) is 37.3 Å². The Labute approximate surface area is 123 Å². The van der Waals surface area contributed by atoms with Crippen LogP contribution in [0.25, 0.3) is 0 Å². The summed E-state index contributed by atoms with van der Waals surface area (Å²) < 4.78 is 16.2. The normalized spacial score (nSPS) is 12.9. The van der Waals surface area contributed by atoms with Crippen molar-refractivity contribution in [1.29, 1.82) is 0 Å². The lowest BCUT2D eigenvalue weighted by molar-refractivity contribution is 0.171. The van der Waals surface area contributed by atoms with E-state index >= 15 is 0 Å². The highest BCUT2D eigenvalue weighted by atomic mass is 16.6. The number of fused-ring (bicyclic) bond motifs is 1. The first-order valence-corrected chi connectivity index (χ1v) is 6.72. The SMILES string of the molecule is COc1cc(N(C)Cc2ccc3c(c2)OCCO3)ncn1. The fourth-order valence-electron chi connectivity index (χ4n) is 2.19. The van der Waals surface area contributed by atoms with Crippen molar-refractivity contribution in [2.75, 3.05) is 32.3 Å². The molecule has 6 nitrogen and oxygen atoms in total. The van der Waals surface area contributed by atoms with Gasteiger partial charge in [0.1, 0.15) is 25.4 Å². The molecule has 0 atom stereocenters. The molecule has 0 saturated carbocycles. The van der Waals surface area contributed by atoms with Crippen LogP contribution in [0, 0.1) is 0 Å². The molecule has 1 aromatic carbocycles. The van der Waals surface area contributed by atoms with E-state index in [1.54, 1.807) is 13.2 Å². The Morgan fingerprint density at radius 3 is 2.76 bits per heavy atom. The van der Waals surface area contributed by atoms with E-state index < -0.39 is 0 Å². The summed E-state index contributed by atoms with van der Waals surface area (Å²) in [5.74, 6) is 2.95. The smallest absolute Gasteiger partial charge is 0.218 e. The quantitative estimate of drug-likeness (QED) is 0.856. The van der Waals surface area contributed by atoms with Crippen LogP contribution in [0.15, 0.2) is 30.6 Å². The maximum atomic E-state index is 5.60. The first-order valence-electron chi connectivity index (χ1n) is 6.72. The van der Waals surface area contributed by atoms with E-state index in [0.717, 1.165) is 22.9 Å². The Morgan fingerprint density at radius 2 is 1.95 bits per heavy atom. The van der Waals surface area contributed by atoms with Gasteiger partial charge in [0, 0.05) is 19.7 Å².